The first-order valence-electron chi connectivity index (χ1n) is 7.45. The summed E-state index contributed by atoms with van der Waals surface area (Å²) in [5.74, 6) is 0.176. The Labute approximate surface area is 116 Å². The summed E-state index contributed by atoms with van der Waals surface area (Å²) in [4.78, 5) is 16.8. The Morgan fingerprint density at radius 1 is 1.37 bits per heavy atom. The molecule has 1 atom stereocenters. The van der Waals surface area contributed by atoms with Crippen molar-refractivity contribution in [3.8, 4) is 0 Å². The van der Waals surface area contributed by atoms with Crippen LogP contribution in [0.5, 0.6) is 0 Å². The van der Waals surface area contributed by atoms with Crippen molar-refractivity contribution in [1.82, 2.24) is 20.4 Å². The van der Waals surface area contributed by atoms with Crippen molar-refractivity contribution in [3.63, 3.8) is 0 Å². The Morgan fingerprint density at radius 2 is 2.00 bits per heavy atom. The van der Waals surface area contributed by atoms with Crippen LogP contribution in [0.15, 0.2) is 0 Å². The van der Waals surface area contributed by atoms with Gasteiger partial charge in [0.25, 0.3) is 0 Å². The molecule has 2 N–H and O–H groups in total. The number of likely N-dealkylation sites (N-methyl/N-ethyl adjacent to an activating group) is 1. The van der Waals surface area contributed by atoms with Gasteiger partial charge in [-0.25, -0.2) is 0 Å². The van der Waals surface area contributed by atoms with E-state index in [1.807, 2.05) is 6.92 Å². The van der Waals surface area contributed by atoms with Gasteiger partial charge >= 0.3 is 0 Å². The summed E-state index contributed by atoms with van der Waals surface area (Å²) in [5.41, 5.74) is 0.207. The van der Waals surface area contributed by atoms with E-state index in [0.29, 0.717) is 0 Å². The zero-order valence-electron chi connectivity index (χ0n) is 12.5. The first-order valence-corrected chi connectivity index (χ1v) is 7.45. The summed E-state index contributed by atoms with van der Waals surface area (Å²) in [7, 11) is 4.23. The van der Waals surface area contributed by atoms with Crippen LogP contribution in [0.2, 0.25) is 0 Å². The quantitative estimate of drug-likeness (QED) is 0.730. The van der Waals surface area contributed by atoms with Crippen LogP contribution in [0.1, 0.15) is 26.2 Å². The molecular weight excluding hydrogens is 240 g/mol. The van der Waals surface area contributed by atoms with Gasteiger partial charge in [0.1, 0.15) is 0 Å². The fourth-order valence-electron chi connectivity index (χ4n) is 3.00. The van der Waals surface area contributed by atoms with Crippen molar-refractivity contribution >= 4 is 5.91 Å². The zero-order chi connectivity index (χ0) is 13.9. The van der Waals surface area contributed by atoms with Crippen LogP contribution >= 0.6 is 0 Å². The largest absolute Gasteiger partial charge is 0.353 e. The van der Waals surface area contributed by atoms with E-state index in [0.717, 1.165) is 32.7 Å². The van der Waals surface area contributed by atoms with E-state index < -0.39 is 0 Å². The lowest BCUT2D eigenvalue weighted by molar-refractivity contribution is -0.127. The second-order valence-electron chi connectivity index (χ2n) is 6.15. The van der Waals surface area contributed by atoms with Crippen molar-refractivity contribution in [2.24, 2.45) is 0 Å². The number of nitrogens with one attached hydrogen (secondary N) is 2. The Bertz CT molecular complexity index is 309. The molecule has 2 aliphatic rings. The second kappa shape index (κ2) is 6.20. The van der Waals surface area contributed by atoms with Gasteiger partial charge in [-0.15, -0.1) is 0 Å². The van der Waals surface area contributed by atoms with Gasteiger partial charge in [-0.1, -0.05) is 0 Å². The Balaban J connectivity index is 1.80. The van der Waals surface area contributed by atoms with Gasteiger partial charge in [0.2, 0.25) is 5.91 Å². The Hall–Kier alpha value is -0.650. The molecule has 1 saturated heterocycles. The first-order chi connectivity index (χ1) is 9.05. The van der Waals surface area contributed by atoms with Gasteiger partial charge in [0.05, 0.1) is 6.04 Å². The highest BCUT2D eigenvalue weighted by molar-refractivity contribution is 5.81. The van der Waals surface area contributed by atoms with Crippen molar-refractivity contribution in [2.45, 2.75) is 37.8 Å². The van der Waals surface area contributed by atoms with Crippen molar-refractivity contribution in [1.29, 1.82) is 0 Å². The number of rotatable bonds is 5. The summed E-state index contributed by atoms with van der Waals surface area (Å²) >= 11 is 0. The van der Waals surface area contributed by atoms with Crippen LogP contribution < -0.4 is 10.6 Å². The molecular formula is C14H28N4O. The molecule has 110 valence electrons. The van der Waals surface area contributed by atoms with Crippen LogP contribution in [-0.2, 0) is 4.79 Å². The van der Waals surface area contributed by atoms with Crippen LogP contribution in [0, 0.1) is 0 Å². The van der Waals surface area contributed by atoms with E-state index in [4.69, 9.17) is 0 Å². The molecule has 1 amide bonds. The SMILES string of the molecule is CC(C(=O)NCC1(N(C)C)CCC1)N1CCNCC1. The number of hydrogen-bond donors (Lipinski definition) is 2. The van der Waals surface area contributed by atoms with Gasteiger partial charge < -0.3 is 15.5 Å². The maximum atomic E-state index is 12.3. The molecule has 0 aromatic heterocycles. The molecule has 1 heterocycles. The molecule has 1 aliphatic carbocycles. The number of piperazine rings is 1. The molecule has 1 unspecified atom stereocenters. The molecule has 0 aromatic rings. The fraction of sp³-hybridized carbons (Fsp3) is 0.929. The second-order valence-corrected chi connectivity index (χ2v) is 6.15. The molecule has 0 spiro atoms. The Kier molecular flexibility index (Phi) is 4.81. The Morgan fingerprint density at radius 3 is 2.47 bits per heavy atom. The molecule has 5 heteroatoms. The van der Waals surface area contributed by atoms with Crippen molar-refractivity contribution in [2.75, 3.05) is 46.8 Å². The molecule has 0 bridgehead atoms. The average molecular weight is 268 g/mol. The lowest BCUT2D eigenvalue weighted by atomic mass is 9.75. The maximum Gasteiger partial charge on any atom is 0.237 e. The van der Waals surface area contributed by atoms with Gasteiger partial charge in [0.15, 0.2) is 0 Å². The van der Waals surface area contributed by atoms with Gasteiger partial charge in [-0.05, 0) is 40.3 Å². The standard InChI is InChI=1S/C14H28N4O/c1-12(18-9-7-15-8-10-18)13(19)16-11-14(17(2)3)5-4-6-14/h12,15H,4-11H2,1-3H3,(H,16,19). The van der Waals surface area contributed by atoms with Crippen LogP contribution in [0.3, 0.4) is 0 Å². The average Bonchev–Trinajstić information content (AvgIpc) is 2.37. The molecule has 2 rings (SSSR count). The number of carbonyl (C=O) groups excluding carboxylic acids is 1. The van der Waals surface area contributed by atoms with Crippen molar-refractivity contribution < 1.29 is 4.79 Å². The highest BCUT2D eigenvalue weighted by atomic mass is 16.2. The normalized spacial score (nSPS) is 24.8. The van der Waals surface area contributed by atoms with Crippen LogP contribution in [0.4, 0.5) is 0 Å². The summed E-state index contributed by atoms with van der Waals surface area (Å²) in [6.07, 6.45) is 3.67. The summed E-state index contributed by atoms with van der Waals surface area (Å²) < 4.78 is 0. The number of carbonyl (C=O) groups is 1. The lowest BCUT2D eigenvalue weighted by Gasteiger charge is -2.47. The smallest absolute Gasteiger partial charge is 0.237 e. The third-order valence-electron chi connectivity index (χ3n) is 4.90. The topological polar surface area (TPSA) is 47.6 Å². The van der Waals surface area contributed by atoms with E-state index in [9.17, 15) is 4.79 Å². The van der Waals surface area contributed by atoms with E-state index >= 15 is 0 Å². The molecule has 5 nitrogen and oxygen atoms in total. The fourth-order valence-corrected chi connectivity index (χ4v) is 3.00. The minimum absolute atomic E-state index is 0.0126. The molecule has 1 saturated carbocycles. The zero-order valence-corrected chi connectivity index (χ0v) is 12.5. The minimum atomic E-state index is -0.0126. The van der Waals surface area contributed by atoms with E-state index in [1.54, 1.807) is 0 Å². The molecule has 19 heavy (non-hydrogen) atoms. The summed E-state index contributed by atoms with van der Waals surface area (Å²) in [5, 5.41) is 6.48. The summed E-state index contributed by atoms with van der Waals surface area (Å²) in [6.45, 7) is 6.71. The van der Waals surface area contributed by atoms with Crippen LogP contribution in [0.25, 0.3) is 0 Å². The highest BCUT2D eigenvalue weighted by Crippen LogP contribution is 2.35. The number of nitrogens with zero attached hydrogens (tertiary/aromatic N) is 2. The third kappa shape index (κ3) is 3.27. The molecule has 0 aromatic carbocycles. The van der Waals surface area contributed by atoms with Gasteiger partial charge in [-0.2, -0.15) is 0 Å². The van der Waals surface area contributed by atoms with Crippen LogP contribution in [-0.4, -0.2) is 74.1 Å². The molecule has 0 radical (unpaired) electrons. The highest BCUT2D eigenvalue weighted by Gasteiger charge is 2.39. The van der Waals surface area contributed by atoms with Gasteiger partial charge in [-0.3, -0.25) is 9.69 Å². The summed E-state index contributed by atoms with van der Waals surface area (Å²) in [6, 6.07) is -0.0126. The van der Waals surface area contributed by atoms with E-state index in [1.165, 1.54) is 19.3 Å². The lowest BCUT2D eigenvalue weighted by Crippen LogP contribution is -2.59. The third-order valence-corrected chi connectivity index (χ3v) is 4.90. The minimum Gasteiger partial charge on any atom is -0.353 e. The predicted octanol–water partition coefficient (Wildman–Crippen LogP) is -0.119. The predicted molar refractivity (Wildman–Crippen MR) is 77.2 cm³/mol. The van der Waals surface area contributed by atoms with Gasteiger partial charge in [0, 0.05) is 38.3 Å². The van der Waals surface area contributed by atoms with E-state index in [-0.39, 0.29) is 17.5 Å². The first kappa shape index (κ1) is 14.8. The molecule has 2 fully saturated rings. The monoisotopic (exact) mass is 268 g/mol. The molecule has 1 aliphatic heterocycles. The van der Waals surface area contributed by atoms with Crippen molar-refractivity contribution in [3.05, 3.63) is 0 Å². The number of amides is 1. The number of hydrogen-bond acceptors (Lipinski definition) is 4. The maximum absolute atomic E-state index is 12.3. The van der Waals surface area contributed by atoms with E-state index in [2.05, 4.69) is 34.5 Å².